The molecule has 0 heterocycles. The van der Waals surface area contributed by atoms with Crippen LogP contribution in [0.4, 0.5) is 22.0 Å². The number of allylic oxidation sites excluding steroid dienone is 1. The predicted molar refractivity (Wildman–Crippen MR) is 329 cm³/mol. The number of esters is 2. The average molecular weight is 1200 g/mol. The van der Waals surface area contributed by atoms with E-state index in [4.69, 9.17) is 14.6 Å². The number of carbonyl (C=O) groups excluding carboxylic acids is 2. The van der Waals surface area contributed by atoms with Crippen molar-refractivity contribution in [1.82, 2.24) is 50.8 Å². The Morgan fingerprint density at radius 3 is 1.11 bits per heavy atom. The second-order valence-electron chi connectivity index (χ2n) is 21.4. The van der Waals surface area contributed by atoms with Crippen molar-refractivity contribution in [2.24, 2.45) is 0 Å². The minimum atomic E-state index is -3.13. The van der Waals surface area contributed by atoms with E-state index in [1.165, 1.54) is 20.7 Å². The van der Waals surface area contributed by atoms with E-state index < -0.39 is 117 Å². The van der Waals surface area contributed by atoms with E-state index in [-0.39, 0.29) is 44.6 Å². The van der Waals surface area contributed by atoms with E-state index in [2.05, 4.69) is 31.5 Å². The highest BCUT2D eigenvalue weighted by atomic mass is 19.2. The largest absolute Gasteiger partial charge is 0.462 e. The van der Waals surface area contributed by atoms with Crippen LogP contribution in [0.2, 0.25) is 54.6 Å². The van der Waals surface area contributed by atoms with Crippen LogP contribution in [0.15, 0.2) is 11.7 Å². The van der Waals surface area contributed by atoms with Gasteiger partial charge in [-0.25, -0.2) is 22.0 Å². The predicted octanol–water partition coefficient (Wildman–Crippen LogP) is -0.479. The number of ether oxygens (including phenoxy) is 2. The number of hydrogen-bond donors (Lipinski definition) is 15. The Morgan fingerprint density at radius 1 is 0.518 bits per heavy atom. The fraction of sp³-hybridized carbons (Fsp3) is 0.915. The third-order valence-electron chi connectivity index (χ3n) is 13.0. The summed E-state index contributed by atoms with van der Waals surface area (Å²) in [6, 6.07) is -3.17. The summed E-state index contributed by atoms with van der Waals surface area (Å²) in [6.45, 7) is 24.9. The van der Waals surface area contributed by atoms with E-state index in [1.807, 2.05) is 9.62 Å². The molecular formula is C47H107B8F5N10O13. The van der Waals surface area contributed by atoms with Crippen LogP contribution in [0, 0.1) is 0 Å². The van der Waals surface area contributed by atoms with Crippen LogP contribution in [0.5, 0.6) is 0 Å². The summed E-state index contributed by atoms with van der Waals surface area (Å²) in [4.78, 5) is 33.3. The monoisotopic (exact) mass is 1200 g/mol. The second-order valence-corrected chi connectivity index (χ2v) is 21.4. The van der Waals surface area contributed by atoms with Gasteiger partial charge in [0, 0.05) is 18.2 Å². The summed E-state index contributed by atoms with van der Waals surface area (Å²) >= 11 is 0. The number of rotatable bonds is 42. The Labute approximate surface area is 497 Å². The average Bonchev–Trinajstić information content (AvgIpc) is 3.52. The maximum absolute atomic E-state index is 14.5. The third-order valence-corrected chi connectivity index (χ3v) is 13.0. The van der Waals surface area contributed by atoms with Gasteiger partial charge in [-0.3, -0.25) is 9.59 Å². The fourth-order valence-electron chi connectivity index (χ4n) is 9.06. The first-order chi connectivity index (χ1) is 38.3. The smallest absolute Gasteiger partial charge is 0.376 e. The number of aliphatic hydroxyl groups excluding tert-OH is 1. The van der Waals surface area contributed by atoms with Crippen LogP contribution in [0.25, 0.3) is 0 Å². The van der Waals surface area contributed by atoms with Gasteiger partial charge in [-0.2, -0.15) is 0 Å². The van der Waals surface area contributed by atoms with Crippen LogP contribution < -0.4 is 31.5 Å². The first kappa shape index (κ1) is 85.3. The number of aliphatic hydroxyl groups is 1. The van der Waals surface area contributed by atoms with Crippen LogP contribution >= 0.6 is 0 Å². The lowest BCUT2D eigenvalue weighted by Gasteiger charge is -2.38. The maximum atomic E-state index is 14.5. The summed E-state index contributed by atoms with van der Waals surface area (Å²) in [6.07, 6.45) is -7.79. The molecule has 8 atom stereocenters. The minimum Gasteiger partial charge on any atom is -0.462 e. The number of carbonyl (C=O) groups is 2. The molecule has 0 saturated carbocycles. The quantitative estimate of drug-likeness (QED) is 0.0159. The van der Waals surface area contributed by atoms with Crippen LogP contribution in [0.1, 0.15) is 86.5 Å². The minimum absolute atomic E-state index is 0. The number of likely N-dealkylation sites (N-methyl/N-ethyl adjacent to an activating group) is 2. The maximum Gasteiger partial charge on any atom is 0.376 e. The van der Waals surface area contributed by atoms with E-state index in [0.717, 1.165) is 6.42 Å². The Balaban J connectivity index is -0.00000146. The second kappa shape index (κ2) is 48.1. The fourth-order valence-corrected chi connectivity index (χ4v) is 9.06. The molecule has 1 aliphatic carbocycles. The molecule has 1 aliphatic rings. The van der Waals surface area contributed by atoms with Gasteiger partial charge in [0.05, 0.1) is 6.10 Å². The lowest BCUT2D eigenvalue weighted by atomic mass is 9.79. The summed E-state index contributed by atoms with van der Waals surface area (Å²) in [5.74, 6) is -6.01. The van der Waals surface area contributed by atoms with Gasteiger partial charge in [0.1, 0.15) is 12.1 Å². The Bertz CT molecular complexity index is 1690. The third kappa shape index (κ3) is 37.5. The summed E-state index contributed by atoms with van der Waals surface area (Å²) in [5, 5.41) is 105. The molecule has 0 fully saturated rings. The molecule has 0 amide bonds. The van der Waals surface area contributed by atoms with E-state index >= 15 is 0 Å². The first-order valence-corrected chi connectivity index (χ1v) is 29.1. The van der Waals surface area contributed by atoms with Crippen LogP contribution in [-0.2, 0) is 19.1 Å². The number of halogens is 5. The number of alkyl halides is 3. The molecule has 23 nitrogen and oxygen atoms in total. The summed E-state index contributed by atoms with van der Waals surface area (Å²) in [5.41, 5.74) is 0. The van der Waals surface area contributed by atoms with Crippen molar-refractivity contribution in [2.45, 2.75) is 202 Å². The highest BCUT2D eigenvalue weighted by Gasteiger charge is 2.51. The van der Waals surface area contributed by atoms with Crippen molar-refractivity contribution in [3.63, 3.8) is 0 Å². The van der Waals surface area contributed by atoms with E-state index in [0.29, 0.717) is 97.4 Å². The van der Waals surface area contributed by atoms with Crippen LogP contribution in [-0.4, -0.2) is 273 Å². The van der Waals surface area contributed by atoms with Gasteiger partial charge in [0.15, 0.2) is 36.3 Å². The van der Waals surface area contributed by atoms with Gasteiger partial charge in [-0.15, -0.1) is 0 Å². The van der Waals surface area contributed by atoms with Gasteiger partial charge in [0.25, 0.3) is 0 Å². The molecule has 1 rings (SSSR count). The molecule has 15 N–H and O–H groups in total. The molecule has 0 aromatic rings. The van der Waals surface area contributed by atoms with Gasteiger partial charge in [-0.1, -0.05) is 7.43 Å². The SMILES string of the molecule is C.CC(C)O.CNC(C(=O)OC(C)C)C(CCCN(CCCNB(C)O)B(C)O)N(CCCNB(C)O)B(C)O.CNC(C(=O)OC1C(F)C(F)=C(F)C(F)C1F)C(CCCN(CCCNB(C)O)B(C)O)N(CCCNB(C)O)B(C)O. The first-order valence-electron chi connectivity index (χ1n) is 29.1. The van der Waals surface area contributed by atoms with E-state index in [1.54, 1.807) is 85.3 Å². The van der Waals surface area contributed by atoms with E-state index in [9.17, 15) is 71.7 Å². The molecule has 482 valence electrons. The molecule has 0 aromatic heterocycles. The molecule has 0 aromatic carbocycles. The highest BCUT2D eigenvalue weighted by molar-refractivity contribution is 6.47. The molecule has 8 unspecified atom stereocenters. The van der Waals surface area contributed by atoms with Crippen molar-refractivity contribution in [3.05, 3.63) is 11.7 Å². The number of hydrogen-bond acceptors (Lipinski definition) is 23. The normalized spacial score (nSPS) is 17.5. The number of nitrogens with one attached hydrogen (secondary N) is 6. The molecule has 0 aliphatic heterocycles. The Kier molecular flexibility index (Phi) is 49.4. The molecular weight excluding hydrogens is 1090 g/mol. The van der Waals surface area contributed by atoms with Crippen molar-refractivity contribution in [3.8, 4) is 0 Å². The van der Waals surface area contributed by atoms with Gasteiger partial charge in [0.2, 0.25) is 0 Å². The lowest BCUT2D eigenvalue weighted by Crippen LogP contribution is -2.59. The zero-order valence-corrected chi connectivity index (χ0v) is 51.5. The molecule has 0 saturated heterocycles. The van der Waals surface area contributed by atoms with Gasteiger partial charge in [-0.05, 0) is 213 Å². The number of nitrogens with zero attached hydrogens (tertiary/aromatic N) is 4. The van der Waals surface area contributed by atoms with Gasteiger partial charge < -0.3 is 106 Å². The van der Waals surface area contributed by atoms with Gasteiger partial charge >= 0.3 is 68.3 Å². The highest BCUT2D eigenvalue weighted by Crippen LogP contribution is 2.36. The Morgan fingerprint density at radius 2 is 0.819 bits per heavy atom. The molecule has 36 heteroatoms. The summed E-state index contributed by atoms with van der Waals surface area (Å²) in [7, 11) is -2.91. The van der Waals surface area contributed by atoms with Crippen molar-refractivity contribution >= 4 is 68.3 Å². The standard InChI is InChI=1S/C23H46B4F5N5O6.C20H49B4N5O6.C3H8O.CH4/c1-24(39)34-10-7-13-36(26(3)41)12-6-9-15(37(27(4)42)14-8-11-35-25(2)40)21(33-5)23(38)43-22-19(31)17(29)16(28)18(30)20(22)32;1-17(2)35-20(30)19(25-7)18(29(24(6)34)16-10-13-27-22(4)32)11-8-14-28(23(5)33)15-9-12-26-21(3)31;1-3(2)4;/h15,17,19-22,33-35,39-42H,6-14H2,1-5H3;17-19,25-27,31-34H,8-16H2,1-7H3;3-4H,1-2H3;1H4. The molecule has 0 bridgehead atoms. The topological polar surface area (TPSA) is 320 Å². The van der Waals surface area contributed by atoms with Crippen molar-refractivity contribution in [1.29, 1.82) is 0 Å². The van der Waals surface area contributed by atoms with Crippen molar-refractivity contribution in [2.75, 3.05) is 79.5 Å². The zero-order valence-electron chi connectivity index (χ0n) is 51.5. The molecule has 0 radical (unpaired) electrons. The lowest BCUT2D eigenvalue weighted by molar-refractivity contribution is -0.164. The van der Waals surface area contributed by atoms with Crippen LogP contribution in [0.3, 0.4) is 0 Å². The van der Waals surface area contributed by atoms with Crippen molar-refractivity contribution < 1.29 is 86.3 Å². The molecule has 83 heavy (non-hydrogen) atoms. The summed E-state index contributed by atoms with van der Waals surface area (Å²) < 4.78 is 80.6. The zero-order chi connectivity index (χ0) is 63.4. The Hall–Kier alpha value is -1.91. The molecule has 0 spiro atoms.